The number of aromatic nitrogens is 1. The normalized spacial score (nSPS) is 11.4. The molecular weight excluding hydrogens is 313 g/mol. The van der Waals surface area contributed by atoms with Gasteiger partial charge in [0, 0.05) is 29.3 Å². The summed E-state index contributed by atoms with van der Waals surface area (Å²) >= 11 is 3.04. The second-order valence-corrected chi connectivity index (χ2v) is 4.51. The highest BCUT2D eigenvalue weighted by molar-refractivity contribution is 9.09. The van der Waals surface area contributed by atoms with Crippen LogP contribution in [0.15, 0.2) is 18.3 Å². The van der Waals surface area contributed by atoms with Crippen molar-refractivity contribution in [3.05, 3.63) is 29.6 Å². The second-order valence-electron chi connectivity index (χ2n) is 3.72. The molecule has 0 radical (unpaired) electrons. The van der Waals surface area contributed by atoms with Crippen molar-refractivity contribution in [1.29, 1.82) is 0 Å². The SMILES string of the molecule is Cc1cc(C(=O)N(CCBr)CC(F)(F)F)ccn1. The third kappa shape index (κ3) is 4.64. The molecule has 0 bridgehead atoms. The molecule has 0 aliphatic carbocycles. The molecule has 1 heterocycles. The van der Waals surface area contributed by atoms with Gasteiger partial charge in [-0.25, -0.2) is 0 Å². The van der Waals surface area contributed by atoms with Crippen LogP contribution in [0.1, 0.15) is 16.1 Å². The standard InChI is InChI=1S/C11H12BrF3N2O/c1-8-6-9(2-4-16-8)10(18)17(5-3-12)7-11(13,14)15/h2,4,6H,3,5,7H2,1H3. The van der Waals surface area contributed by atoms with E-state index in [1.165, 1.54) is 18.3 Å². The van der Waals surface area contributed by atoms with E-state index in [-0.39, 0.29) is 12.1 Å². The first-order chi connectivity index (χ1) is 8.33. The molecule has 0 aliphatic heterocycles. The fourth-order valence-corrected chi connectivity index (χ4v) is 1.86. The number of carbonyl (C=O) groups is 1. The fourth-order valence-electron chi connectivity index (χ4n) is 1.43. The predicted octanol–water partition coefficient (Wildman–Crippen LogP) is 2.79. The van der Waals surface area contributed by atoms with Crippen molar-refractivity contribution in [1.82, 2.24) is 9.88 Å². The van der Waals surface area contributed by atoms with E-state index in [4.69, 9.17) is 0 Å². The minimum Gasteiger partial charge on any atom is -0.329 e. The van der Waals surface area contributed by atoms with E-state index in [1.807, 2.05) is 0 Å². The second kappa shape index (κ2) is 6.17. The Morgan fingerprint density at radius 1 is 1.50 bits per heavy atom. The molecule has 1 amide bonds. The number of alkyl halides is 4. The number of carbonyl (C=O) groups excluding carboxylic acids is 1. The Morgan fingerprint density at radius 2 is 2.17 bits per heavy atom. The molecule has 0 saturated heterocycles. The van der Waals surface area contributed by atoms with Gasteiger partial charge in [0.1, 0.15) is 6.54 Å². The number of hydrogen-bond acceptors (Lipinski definition) is 2. The van der Waals surface area contributed by atoms with Gasteiger partial charge in [-0.2, -0.15) is 13.2 Å². The molecular formula is C11H12BrF3N2O. The maximum atomic E-state index is 12.4. The highest BCUT2D eigenvalue weighted by Gasteiger charge is 2.33. The number of halogens is 4. The average Bonchev–Trinajstić information content (AvgIpc) is 2.26. The van der Waals surface area contributed by atoms with Crippen LogP contribution in [0.4, 0.5) is 13.2 Å². The minimum atomic E-state index is -4.40. The smallest absolute Gasteiger partial charge is 0.329 e. The predicted molar refractivity (Wildman–Crippen MR) is 64.7 cm³/mol. The zero-order chi connectivity index (χ0) is 13.8. The Kier molecular flexibility index (Phi) is 5.13. The quantitative estimate of drug-likeness (QED) is 0.798. The van der Waals surface area contributed by atoms with Crippen molar-refractivity contribution in [2.24, 2.45) is 0 Å². The van der Waals surface area contributed by atoms with Gasteiger partial charge in [-0.05, 0) is 19.1 Å². The highest BCUT2D eigenvalue weighted by atomic mass is 79.9. The van der Waals surface area contributed by atoms with Crippen LogP contribution < -0.4 is 0 Å². The summed E-state index contributed by atoms with van der Waals surface area (Å²) in [4.78, 5) is 16.6. The van der Waals surface area contributed by atoms with E-state index >= 15 is 0 Å². The largest absolute Gasteiger partial charge is 0.406 e. The molecule has 0 aromatic carbocycles. The summed E-state index contributed by atoms with van der Waals surface area (Å²) < 4.78 is 37.1. The lowest BCUT2D eigenvalue weighted by Gasteiger charge is -2.23. The molecule has 18 heavy (non-hydrogen) atoms. The van der Waals surface area contributed by atoms with Gasteiger partial charge in [0.25, 0.3) is 5.91 Å². The molecule has 0 N–H and O–H groups in total. The number of hydrogen-bond donors (Lipinski definition) is 0. The van der Waals surface area contributed by atoms with Crippen LogP contribution in [-0.4, -0.2) is 40.4 Å². The number of amides is 1. The monoisotopic (exact) mass is 324 g/mol. The van der Waals surface area contributed by atoms with Crippen LogP contribution in [0.25, 0.3) is 0 Å². The van der Waals surface area contributed by atoms with E-state index in [9.17, 15) is 18.0 Å². The lowest BCUT2D eigenvalue weighted by molar-refractivity contribution is -0.140. The Hall–Kier alpha value is -1.11. The van der Waals surface area contributed by atoms with Gasteiger partial charge in [0.15, 0.2) is 0 Å². The van der Waals surface area contributed by atoms with Gasteiger partial charge < -0.3 is 4.90 Å². The zero-order valence-corrected chi connectivity index (χ0v) is 11.3. The molecule has 0 spiro atoms. The summed E-state index contributed by atoms with van der Waals surface area (Å²) in [5.74, 6) is -0.641. The average molecular weight is 325 g/mol. The molecule has 0 saturated carbocycles. The third-order valence-electron chi connectivity index (χ3n) is 2.16. The van der Waals surface area contributed by atoms with E-state index in [2.05, 4.69) is 20.9 Å². The Labute approximate surface area is 111 Å². The van der Waals surface area contributed by atoms with Gasteiger partial charge in [-0.1, -0.05) is 15.9 Å². The molecule has 100 valence electrons. The first-order valence-corrected chi connectivity index (χ1v) is 6.30. The minimum absolute atomic E-state index is 0.000284. The summed E-state index contributed by atoms with van der Waals surface area (Å²) in [6.07, 6.45) is -3.00. The van der Waals surface area contributed by atoms with Crippen LogP contribution in [0, 0.1) is 6.92 Å². The summed E-state index contributed by atoms with van der Waals surface area (Å²) in [6, 6.07) is 2.88. The number of rotatable bonds is 4. The van der Waals surface area contributed by atoms with Gasteiger partial charge in [0.2, 0.25) is 0 Å². The number of aryl methyl sites for hydroxylation is 1. The van der Waals surface area contributed by atoms with Crippen LogP contribution in [0.5, 0.6) is 0 Å². The van der Waals surface area contributed by atoms with Crippen LogP contribution >= 0.6 is 15.9 Å². The lowest BCUT2D eigenvalue weighted by atomic mass is 10.2. The van der Waals surface area contributed by atoms with E-state index < -0.39 is 18.6 Å². The maximum Gasteiger partial charge on any atom is 0.406 e. The first-order valence-electron chi connectivity index (χ1n) is 5.18. The number of pyridine rings is 1. The molecule has 0 unspecified atom stereocenters. The molecule has 0 aliphatic rings. The molecule has 1 aromatic heterocycles. The lowest BCUT2D eigenvalue weighted by Crippen LogP contribution is -2.40. The van der Waals surface area contributed by atoms with Crippen molar-refractivity contribution in [3.8, 4) is 0 Å². The van der Waals surface area contributed by atoms with Crippen molar-refractivity contribution < 1.29 is 18.0 Å². The topological polar surface area (TPSA) is 33.2 Å². The van der Waals surface area contributed by atoms with Gasteiger partial charge in [0.05, 0.1) is 0 Å². The molecule has 1 aromatic rings. The van der Waals surface area contributed by atoms with E-state index in [0.717, 1.165) is 4.90 Å². The first kappa shape index (κ1) is 14.9. The van der Waals surface area contributed by atoms with Gasteiger partial charge in [-0.15, -0.1) is 0 Å². The van der Waals surface area contributed by atoms with Crippen LogP contribution in [0.3, 0.4) is 0 Å². The van der Waals surface area contributed by atoms with Crippen LogP contribution in [0.2, 0.25) is 0 Å². The summed E-state index contributed by atoms with van der Waals surface area (Å²) in [6.45, 7) is 0.424. The number of nitrogens with zero attached hydrogens (tertiary/aromatic N) is 2. The molecule has 3 nitrogen and oxygen atoms in total. The van der Waals surface area contributed by atoms with Crippen molar-refractivity contribution in [2.75, 3.05) is 18.4 Å². The van der Waals surface area contributed by atoms with Gasteiger partial charge in [-0.3, -0.25) is 9.78 Å². The third-order valence-corrected chi connectivity index (χ3v) is 2.51. The fraction of sp³-hybridized carbons (Fsp3) is 0.455. The molecule has 1 rings (SSSR count). The molecule has 7 heteroatoms. The van der Waals surface area contributed by atoms with Crippen molar-refractivity contribution >= 4 is 21.8 Å². The highest BCUT2D eigenvalue weighted by Crippen LogP contribution is 2.18. The van der Waals surface area contributed by atoms with Crippen LogP contribution in [-0.2, 0) is 0 Å². The maximum absolute atomic E-state index is 12.4. The Balaban J connectivity index is 2.89. The summed E-state index contributed by atoms with van der Waals surface area (Å²) in [7, 11) is 0. The molecule has 0 fully saturated rings. The molecule has 0 atom stereocenters. The van der Waals surface area contributed by atoms with E-state index in [0.29, 0.717) is 11.0 Å². The van der Waals surface area contributed by atoms with Gasteiger partial charge >= 0.3 is 6.18 Å². The summed E-state index contributed by atoms with van der Waals surface area (Å²) in [5, 5.41) is 0.291. The van der Waals surface area contributed by atoms with Crippen molar-refractivity contribution in [2.45, 2.75) is 13.1 Å². The Bertz CT molecular complexity index is 423. The summed E-state index contributed by atoms with van der Waals surface area (Å²) in [5.41, 5.74) is 0.805. The Morgan fingerprint density at radius 3 is 2.67 bits per heavy atom. The van der Waals surface area contributed by atoms with Crippen molar-refractivity contribution in [3.63, 3.8) is 0 Å². The zero-order valence-electron chi connectivity index (χ0n) is 9.67. The van der Waals surface area contributed by atoms with E-state index in [1.54, 1.807) is 6.92 Å².